The second-order valence-electron chi connectivity index (χ2n) is 7.33. The normalized spacial score (nSPS) is 15.4. The first-order valence-electron chi connectivity index (χ1n) is 10.3. The van der Waals surface area contributed by atoms with E-state index in [0.29, 0.717) is 43.4 Å². The lowest BCUT2D eigenvalue weighted by atomic mass is 9.97. The number of thioether (sulfide) groups is 1. The Morgan fingerprint density at radius 2 is 2.03 bits per heavy atom. The zero-order valence-electron chi connectivity index (χ0n) is 17.9. The molecule has 1 aromatic carbocycles. The average Bonchev–Trinajstić information content (AvgIpc) is 3.21. The first kappa shape index (κ1) is 22.8. The number of likely N-dealkylation sites (tertiary alicyclic amines) is 1. The summed E-state index contributed by atoms with van der Waals surface area (Å²) in [5, 5.41) is 11.1. The lowest BCUT2D eigenvalue weighted by Gasteiger charge is -2.32. The van der Waals surface area contributed by atoms with Crippen LogP contribution in [0.3, 0.4) is 0 Å². The third-order valence-electron chi connectivity index (χ3n) is 5.02. The Morgan fingerprint density at radius 3 is 2.71 bits per heavy atom. The van der Waals surface area contributed by atoms with Crippen molar-refractivity contribution < 1.29 is 19.1 Å². The molecule has 2 aromatic rings. The fourth-order valence-corrected chi connectivity index (χ4v) is 4.41. The van der Waals surface area contributed by atoms with Crippen molar-refractivity contribution in [1.82, 2.24) is 19.7 Å². The number of aromatic nitrogens is 3. The van der Waals surface area contributed by atoms with Crippen LogP contribution in [0.25, 0.3) is 5.69 Å². The number of carbonyl (C=O) groups is 3. The van der Waals surface area contributed by atoms with E-state index in [0.717, 1.165) is 5.69 Å². The van der Waals surface area contributed by atoms with E-state index in [4.69, 9.17) is 4.74 Å². The molecule has 0 saturated carbocycles. The minimum absolute atomic E-state index is 0.00820. The first-order valence-corrected chi connectivity index (χ1v) is 11.2. The van der Waals surface area contributed by atoms with Crippen molar-refractivity contribution in [3.8, 4) is 5.69 Å². The Morgan fingerprint density at radius 1 is 1.29 bits per heavy atom. The van der Waals surface area contributed by atoms with E-state index in [1.807, 2.05) is 25.1 Å². The van der Waals surface area contributed by atoms with Crippen LogP contribution >= 0.6 is 11.8 Å². The number of nitrogens with zero attached hydrogens (tertiary/aromatic N) is 4. The summed E-state index contributed by atoms with van der Waals surface area (Å²) in [6.45, 7) is 6.55. The Labute approximate surface area is 185 Å². The molecule has 1 fully saturated rings. The quantitative estimate of drug-likeness (QED) is 0.515. The number of nitrogens with one attached hydrogen (secondary N) is 1. The van der Waals surface area contributed by atoms with Crippen molar-refractivity contribution in [2.24, 2.45) is 5.92 Å². The molecule has 1 N–H and O–H groups in total. The van der Waals surface area contributed by atoms with Gasteiger partial charge in [0.1, 0.15) is 6.33 Å². The predicted molar refractivity (Wildman–Crippen MR) is 117 cm³/mol. The Balaban J connectivity index is 1.63. The van der Waals surface area contributed by atoms with Gasteiger partial charge < -0.3 is 15.0 Å². The second-order valence-corrected chi connectivity index (χ2v) is 8.63. The lowest BCUT2D eigenvalue weighted by Crippen LogP contribution is -2.43. The SMILES string of the molecule is CCOC(=O)C1CCN(C(=O)C(C)Sc2nncn2-c2cccc(NC(C)=O)c2)CC1. The van der Waals surface area contributed by atoms with Gasteiger partial charge in [0.25, 0.3) is 0 Å². The lowest BCUT2D eigenvalue weighted by molar-refractivity contribution is -0.151. The molecule has 0 spiro atoms. The Hall–Kier alpha value is -2.88. The van der Waals surface area contributed by atoms with Gasteiger partial charge in [-0.1, -0.05) is 17.8 Å². The zero-order chi connectivity index (χ0) is 22.4. The van der Waals surface area contributed by atoms with Gasteiger partial charge >= 0.3 is 5.97 Å². The molecule has 2 heterocycles. The van der Waals surface area contributed by atoms with E-state index < -0.39 is 0 Å². The van der Waals surface area contributed by atoms with E-state index >= 15 is 0 Å². The predicted octanol–water partition coefficient (Wildman–Crippen LogP) is 2.51. The van der Waals surface area contributed by atoms with Crippen LogP contribution < -0.4 is 5.32 Å². The van der Waals surface area contributed by atoms with Gasteiger partial charge in [-0.2, -0.15) is 0 Å². The summed E-state index contributed by atoms with van der Waals surface area (Å²) in [5.41, 5.74) is 1.46. The van der Waals surface area contributed by atoms with Crippen LogP contribution in [0.2, 0.25) is 0 Å². The highest BCUT2D eigenvalue weighted by atomic mass is 32.2. The van der Waals surface area contributed by atoms with Gasteiger partial charge in [0.15, 0.2) is 5.16 Å². The van der Waals surface area contributed by atoms with E-state index in [2.05, 4.69) is 15.5 Å². The summed E-state index contributed by atoms with van der Waals surface area (Å²) in [6.07, 6.45) is 2.82. The molecule has 1 aliphatic rings. The minimum atomic E-state index is -0.361. The first-order chi connectivity index (χ1) is 14.9. The molecule has 10 heteroatoms. The summed E-state index contributed by atoms with van der Waals surface area (Å²) >= 11 is 1.33. The van der Waals surface area contributed by atoms with E-state index in [9.17, 15) is 14.4 Å². The summed E-state index contributed by atoms with van der Waals surface area (Å²) in [5.74, 6) is -0.451. The third kappa shape index (κ3) is 5.84. The van der Waals surface area contributed by atoms with Gasteiger partial charge in [0.05, 0.1) is 23.5 Å². The largest absolute Gasteiger partial charge is 0.466 e. The highest BCUT2D eigenvalue weighted by Gasteiger charge is 2.31. The number of piperidine rings is 1. The molecule has 1 aromatic heterocycles. The average molecular weight is 446 g/mol. The highest BCUT2D eigenvalue weighted by Crippen LogP contribution is 2.27. The molecule has 1 saturated heterocycles. The van der Waals surface area contributed by atoms with Gasteiger partial charge in [0.2, 0.25) is 11.8 Å². The van der Waals surface area contributed by atoms with Gasteiger partial charge in [-0.3, -0.25) is 19.0 Å². The number of rotatable bonds is 7. The maximum absolute atomic E-state index is 12.9. The summed E-state index contributed by atoms with van der Waals surface area (Å²) in [7, 11) is 0. The van der Waals surface area contributed by atoms with Crippen LogP contribution in [-0.4, -0.2) is 62.4 Å². The number of ether oxygens (including phenoxy) is 1. The van der Waals surface area contributed by atoms with E-state index in [-0.39, 0.29) is 29.0 Å². The molecule has 0 bridgehead atoms. The Kier molecular flexibility index (Phi) is 7.67. The highest BCUT2D eigenvalue weighted by molar-refractivity contribution is 8.00. The number of amides is 2. The van der Waals surface area contributed by atoms with Gasteiger partial charge in [-0.15, -0.1) is 10.2 Å². The number of hydrogen-bond donors (Lipinski definition) is 1. The van der Waals surface area contributed by atoms with Gasteiger partial charge in [-0.05, 0) is 44.9 Å². The topological polar surface area (TPSA) is 106 Å². The van der Waals surface area contributed by atoms with E-state index in [1.54, 1.807) is 28.8 Å². The molecule has 31 heavy (non-hydrogen) atoms. The monoisotopic (exact) mass is 445 g/mol. The smallest absolute Gasteiger partial charge is 0.309 e. The molecule has 3 rings (SSSR count). The van der Waals surface area contributed by atoms with Crippen molar-refractivity contribution in [3.05, 3.63) is 30.6 Å². The molecule has 9 nitrogen and oxygen atoms in total. The van der Waals surface area contributed by atoms with Crippen molar-refractivity contribution in [3.63, 3.8) is 0 Å². The van der Waals surface area contributed by atoms with Crippen LogP contribution in [0.4, 0.5) is 5.69 Å². The zero-order valence-corrected chi connectivity index (χ0v) is 18.7. The molecule has 0 aliphatic carbocycles. The molecular weight excluding hydrogens is 418 g/mol. The molecular formula is C21H27N5O4S. The fourth-order valence-electron chi connectivity index (χ4n) is 3.48. The van der Waals surface area contributed by atoms with Crippen LogP contribution in [-0.2, 0) is 19.1 Å². The summed E-state index contributed by atoms with van der Waals surface area (Å²) in [6, 6.07) is 7.33. The van der Waals surface area contributed by atoms with Crippen LogP contribution in [0.15, 0.2) is 35.7 Å². The van der Waals surface area contributed by atoms with Crippen LogP contribution in [0.1, 0.15) is 33.6 Å². The standard InChI is InChI=1S/C21H27N5O4S/c1-4-30-20(29)16-8-10-25(11-9-16)19(28)14(2)31-21-24-22-13-26(21)18-7-5-6-17(12-18)23-15(3)27/h5-7,12-14,16H,4,8-11H2,1-3H3,(H,23,27). The van der Waals surface area contributed by atoms with Crippen molar-refractivity contribution >= 4 is 35.2 Å². The van der Waals surface area contributed by atoms with Gasteiger partial charge in [-0.25, -0.2) is 0 Å². The molecule has 2 amide bonds. The van der Waals surface area contributed by atoms with Crippen molar-refractivity contribution in [1.29, 1.82) is 0 Å². The number of carbonyl (C=O) groups excluding carboxylic acids is 3. The van der Waals surface area contributed by atoms with E-state index in [1.165, 1.54) is 18.7 Å². The van der Waals surface area contributed by atoms with Crippen molar-refractivity contribution in [2.45, 2.75) is 44.0 Å². The molecule has 0 radical (unpaired) electrons. The van der Waals surface area contributed by atoms with Gasteiger partial charge in [0, 0.05) is 25.7 Å². The number of esters is 1. The third-order valence-corrected chi connectivity index (χ3v) is 6.06. The Bertz CT molecular complexity index is 939. The maximum atomic E-state index is 12.9. The number of anilines is 1. The van der Waals surface area contributed by atoms with Crippen molar-refractivity contribution in [2.75, 3.05) is 25.0 Å². The summed E-state index contributed by atoms with van der Waals surface area (Å²) < 4.78 is 6.88. The number of hydrogen-bond acceptors (Lipinski definition) is 7. The molecule has 166 valence electrons. The summed E-state index contributed by atoms with van der Waals surface area (Å²) in [4.78, 5) is 38.0. The van der Waals surface area contributed by atoms with Crippen LogP contribution in [0.5, 0.6) is 0 Å². The fraction of sp³-hybridized carbons (Fsp3) is 0.476. The van der Waals surface area contributed by atoms with Crippen LogP contribution in [0, 0.1) is 5.92 Å². The minimum Gasteiger partial charge on any atom is -0.466 e. The second kappa shape index (κ2) is 10.4. The molecule has 1 unspecified atom stereocenters. The molecule has 1 aliphatic heterocycles. The number of benzene rings is 1. The maximum Gasteiger partial charge on any atom is 0.309 e. The molecule has 1 atom stereocenters.